The van der Waals surface area contributed by atoms with Crippen LogP contribution in [0.2, 0.25) is 5.02 Å². The van der Waals surface area contributed by atoms with Crippen LogP contribution in [0.5, 0.6) is 0 Å². The molecule has 0 radical (unpaired) electrons. The third kappa shape index (κ3) is 4.60. The van der Waals surface area contributed by atoms with Crippen LogP contribution in [0.3, 0.4) is 0 Å². The van der Waals surface area contributed by atoms with Crippen molar-refractivity contribution in [3.63, 3.8) is 0 Å². The number of anilines is 1. The second kappa shape index (κ2) is 8.98. The van der Waals surface area contributed by atoms with Gasteiger partial charge in [0.15, 0.2) is 0 Å². The first-order valence-electron chi connectivity index (χ1n) is 7.10. The predicted octanol–water partition coefficient (Wildman–Crippen LogP) is 1.84. The fourth-order valence-corrected chi connectivity index (χ4v) is 2.65. The number of amides is 2. The van der Waals surface area contributed by atoms with Crippen molar-refractivity contribution in [2.24, 2.45) is 5.92 Å². The van der Waals surface area contributed by atoms with Gasteiger partial charge in [0, 0.05) is 19.5 Å². The van der Waals surface area contributed by atoms with Gasteiger partial charge in [-0.25, -0.2) is 0 Å². The maximum atomic E-state index is 12.1. The summed E-state index contributed by atoms with van der Waals surface area (Å²) in [6, 6.07) is 7.20. The molecule has 7 heteroatoms. The van der Waals surface area contributed by atoms with Crippen LogP contribution in [-0.2, 0) is 9.59 Å². The smallest absolute Gasteiger partial charge is 0.227 e. The minimum absolute atomic E-state index is 0. The zero-order chi connectivity index (χ0) is 15.2. The highest BCUT2D eigenvalue weighted by Gasteiger charge is 2.35. The van der Waals surface area contributed by atoms with Gasteiger partial charge in [-0.2, -0.15) is 0 Å². The normalized spacial score (nSPS) is 17.3. The van der Waals surface area contributed by atoms with E-state index >= 15 is 0 Å². The predicted molar refractivity (Wildman–Crippen MR) is 90.7 cm³/mol. The van der Waals surface area contributed by atoms with E-state index in [2.05, 4.69) is 10.6 Å². The highest BCUT2D eigenvalue weighted by molar-refractivity contribution is 6.33. The van der Waals surface area contributed by atoms with Crippen LogP contribution in [0, 0.1) is 5.92 Å². The summed E-state index contributed by atoms with van der Waals surface area (Å²) in [6.45, 7) is 1.87. The summed E-state index contributed by atoms with van der Waals surface area (Å²) in [5.41, 5.74) is 0.676. The lowest BCUT2D eigenvalue weighted by atomic mass is 10.1. The molecule has 1 heterocycles. The molecule has 2 rings (SSSR count). The van der Waals surface area contributed by atoms with E-state index in [4.69, 9.17) is 11.6 Å². The maximum Gasteiger partial charge on any atom is 0.227 e. The van der Waals surface area contributed by atoms with Gasteiger partial charge >= 0.3 is 0 Å². The number of hydrogen-bond acceptors (Lipinski definition) is 3. The van der Waals surface area contributed by atoms with Gasteiger partial charge in [0.05, 0.1) is 16.6 Å². The van der Waals surface area contributed by atoms with Crippen molar-refractivity contribution in [3.8, 4) is 0 Å². The van der Waals surface area contributed by atoms with E-state index in [9.17, 15) is 9.59 Å². The third-order valence-corrected chi connectivity index (χ3v) is 3.86. The highest BCUT2D eigenvalue weighted by atomic mass is 35.5. The van der Waals surface area contributed by atoms with E-state index in [0.29, 0.717) is 23.8 Å². The minimum Gasteiger partial charge on any atom is -0.356 e. The van der Waals surface area contributed by atoms with Crippen molar-refractivity contribution in [3.05, 3.63) is 29.3 Å². The average molecular weight is 346 g/mol. The van der Waals surface area contributed by atoms with Gasteiger partial charge in [0.25, 0.3) is 0 Å². The van der Waals surface area contributed by atoms with Gasteiger partial charge < -0.3 is 15.5 Å². The lowest BCUT2D eigenvalue weighted by Crippen LogP contribution is -2.34. The quantitative estimate of drug-likeness (QED) is 0.773. The first kappa shape index (κ1) is 18.7. The Kier molecular flexibility index (Phi) is 7.65. The zero-order valence-electron chi connectivity index (χ0n) is 12.5. The molecule has 1 saturated heterocycles. The van der Waals surface area contributed by atoms with Crippen molar-refractivity contribution < 1.29 is 9.59 Å². The van der Waals surface area contributed by atoms with Crippen LogP contribution in [0.15, 0.2) is 24.3 Å². The van der Waals surface area contributed by atoms with Crippen LogP contribution in [0.1, 0.15) is 12.8 Å². The monoisotopic (exact) mass is 345 g/mol. The second-order valence-corrected chi connectivity index (χ2v) is 5.51. The Bertz CT molecular complexity index is 525. The summed E-state index contributed by atoms with van der Waals surface area (Å²) in [7, 11) is 1.87. The lowest BCUT2D eigenvalue weighted by molar-refractivity contribution is -0.126. The van der Waals surface area contributed by atoms with Crippen LogP contribution in [0.4, 0.5) is 5.69 Å². The molecule has 0 saturated carbocycles. The molecule has 1 unspecified atom stereocenters. The van der Waals surface area contributed by atoms with Crippen molar-refractivity contribution in [1.29, 1.82) is 0 Å². The van der Waals surface area contributed by atoms with E-state index in [1.54, 1.807) is 17.0 Å². The third-order valence-electron chi connectivity index (χ3n) is 3.54. The summed E-state index contributed by atoms with van der Waals surface area (Å²) in [5, 5.41) is 6.43. The van der Waals surface area contributed by atoms with E-state index in [-0.39, 0.29) is 36.6 Å². The Morgan fingerprint density at radius 2 is 2.09 bits per heavy atom. The first-order chi connectivity index (χ1) is 10.1. The molecule has 1 aliphatic rings. The number of hydrogen-bond donors (Lipinski definition) is 2. The molecule has 2 N–H and O–H groups in total. The molecular formula is C15H21Cl2N3O2. The average Bonchev–Trinajstić information content (AvgIpc) is 2.86. The molecule has 5 nitrogen and oxygen atoms in total. The molecule has 1 aliphatic heterocycles. The fourth-order valence-electron chi connectivity index (χ4n) is 2.41. The molecular weight excluding hydrogens is 325 g/mol. The SMILES string of the molecule is CNCCCNC(=O)C1CC(=O)N(c2ccccc2Cl)C1.Cl. The van der Waals surface area contributed by atoms with Gasteiger partial charge in [-0.3, -0.25) is 9.59 Å². The van der Waals surface area contributed by atoms with Gasteiger partial charge in [0.1, 0.15) is 0 Å². The molecule has 1 atom stereocenters. The van der Waals surface area contributed by atoms with E-state index in [1.807, 2.05) is 19.2 Å². The number of halogens is 2. The number of nitrogens with one attached hydrogen (secondary N) is 2. The number of benzene rings is 1. The van der Waals surface area contributed by atoms with Crippen molar-refractivity contribution >= 4 is 41.5 Å². The Morgan fingerprint density at radius 1 is 1.36 bits per heavy atom. The summed E-state index contributed by atoms with van der Waals surface area (Å²) in [5.74, 6) is -0.421. The van der Waals surface area contributed by atoms with E-state index in [0.717, 1.165) is 13.0 Å². The maximum absolute atomic E-state index is 12.1. The summed E-state index contributed by atoms with van der Waals surface area (Å²) in [6.07, 6.45) is 1.11. The summed E-state index contributed by atoms with van der Waals surface area (Å²) >= 11 is 6.11. The summed E-state index contributed by atoms with van der Waals surface area (Å²) in [4.78, 5) is 25.8. The number of nitrogens with zero attached hydrogens (tertiary/aromatic N) is 1. The van der Waals surface area contributed by atoms with E-state index < -0.39 is 0 Å². The molecule has 0 aliphatic carbocycles. The van der Waals surface area contributed by atoms with Gasteiger partial charge in [-0.1, -0.05) is 23.7 Å². The molecule has 122 valence electrons. The Morgan fingerprint density at radius 3 is 2.77 bits per heavy atom. The minimum atomic E-state index is -0.302. The largest absolute Gasteiger partial charge is 0.356 e. The van der Waals surface area contributed by atoms with Crippen molar-refractivity contribution in [2.45, 2.75) is 12.8 Å². The lowest BCUT2D eigenvalue weighted by Gasteiger charge is -2.18. The molecule has 1 fully saturated rings. The van der Waals surface area contributed by atoms with Crippen LogP contribution in [-0.4, -0.2) is 38.5 Å². The molecule has 1 aromatic carbocycles. The Labute approximate surface area is 141 Å². The second-order valence-electron chi connectivity index (χ2n) is 5.10. The number of carbonyl (C=O) groups excluding carboxylic acids is 2. The van der Waals surface area contributed by atoms with E-state index in [1.165, 1.54) is 0 Å². The van der Waals surface area contributed by atoms with Crippen LogP contribution < -0.4 is 15.5 Å². The standard InChI is InChI=1S/C15H20ClN3O2.ClH/c1-17-7-4-8-18-15(21)11-9-14(20)19(10-11)13-6-3-2-5-12(13)16;/h2-3,5-6,11,17H,4,7-10H2,1H3,(H,18,21);1H. The molecule has 0 aromatic heterocycles. The molecule has 22 heavy (non-hydrogen) atoms. The number of carbonyl (C=O) groups is 2. The van der Waals surface area contributed by atoms with Gasteiger partial charge in [-0.15, -0.1) is 12.4 Å². The topological polar surface area (TPSA) is 61.4 Å². The summed E-state index contributed by atoms with van der Waals surface area (Å²) < 4.78 is 0. The zero-order valence-corrected chi connectivity index (χ0v) is 14.0. The molecule has 1 aromatic rings. The molecule has 0 spiro atoms. The number of para-hydroxylation sites is 1. The van der Waals surface area contributed by atoms with Gasteiger partial charge in [-0.05, 0) is 32.1 Å². The molecule has 0 bridgehead atoms. The van der Waals surface area contributed by atoms with Crippen molar-refractivity contribution in [1.82, 2.24) is 10.6 Å². The Balaban J connectivity index is 0.00000242. The van der Waals surface area contributed by atoms with Crippen LogP contribution >= 0.6 is 24.0 Å². The van der Waals surface area contributed by atoms with Crippen molar-refractivity contribution in [2.75, 3.05) is 31.6 Å². The highest BCUT2D eigenvalue weighted by Crippen LogP contribution is 2.30. The first-order valence-corrected chi connectivity index (χ1v) is 7.48. The molecule has 2 amide bonds. The fraction of sp³-hybridized carbons (Fsp3) is 0.467. The van der Waals surface area contributed by atoms with Crippen LogP contribution in [0.25, 0.3) is 0 Å². The Hall–Kier alpha value is -1.30. The number of rotatable bonds is 6. The van der Waals surface area contributed by atoms with Gasteiger partial charge in [0.2, 0.25) is 11.8 Å².